The van der Waals surface area contributed by atoms with Crippen LogP contribution in [0.4, 0.5) is 11.4 Å². The first-order chi connectivity index (χ1) is 14.7. The van der Waals surface area contributed by atoms with Crippen LogP contribution in [0.15, 0.2) is 36.4 Å². The number of hydrogen-bond donors (Lipinski definition) is 2. The third kappa shape index (κ3) is 4.74. The van der Waals surface area contributed by atoms with Gasteiger partial charge in [0.05, 0.1) is 22.8 Å². The van der Waals surface area contributed by atoms with E-state index in [1.807, 2.05) is 32.9 Å². The van der Waals surface area contributed by atoms with E-state index in [2.05, 4.69) is 20.9 Å². The molecule has 0 spiro atoms. The summed E-state index contributed by atoms with van der Waals surface area (Å²) in [5.74, 6) is -0.936. The van der Waals surface area contributed by atoms with Gasteiger partial charge in [-0.1, -0.05) is 29.0 Å². The maximum atomic E-state index is 12.5. The van der Waals surface area contributed by atoms with Crippen molar-refractivity contribution in [2.75, 3.05) is 11.9 Å². The van der Waals surface area contributed by atoms with Gasteiger partial charge in [0, 0.05) is 17.8 Å². The molecular formula is C21H22N6O4. The van der Waals surface area contributed by atoms with Gasteiger partial charge in [0.15, 0.2) is 5.69 Å². The van der Waals surface area contributed by atoms with Gasteiger partial charge in [-0.2, -0.15) is 0 Å². The number of aryl methyl sites for hydroxylation is 3. The number of rotatable bonds is 6. The van der Waals surface area contributed by atoms with Crippen molar-refractivity contribution in [3.63, 3.8) is 0 Å². The number of hydrogen-bond acceptors (Lipinski definition) is 6. The largest absolute Gasteiger partial charge is 0.342 e. The molecule has 31 heavy (non-hydrogen) atoms. The normalized spacial score (nSPS) is 10.6. The Morgan fingerprint density at radius 1 is 1.10 bits per heavy atom. The molecular weight excluding hydrogens is 400 g/mol. The lowest BCUT2D eigenvalue weighted by atomic mass is 10.1. The summed E-state index contributed by atoms with van der Waals surface area (Å²) in [7, 11) is 0. The van der Waals surface area contributed by atoms with Crippen molar-refractivity contribution in [2.45, 2.75) is 27.7 Å². The van der Waals surface area contributed by atoms with Gasteiger partial charge in [-0.25, -0.2) is 4.68 Å². The Kier molecular flexibility index (Phi) is 6.10. The molecule has 0 aliphatic rings. The van der Waals surface area contributed by atoms with E-state index in [0.717, 1.165) is 22.4 Å². The highest BCUT2D eigenvalue weighted by molar-refractivity contribution is 5.99. The lowest BCUT2D eigenvalue weighted by molar-refractivity contribution is -0.384. The number of nitro groups is 1. The van der Waals surface area contributed by atoms with Crippen LogP contribution in [0.5, 0.6) is 0 Å². The quantitative estimate of drug-likeness (QED) is 0.464. The minimum atomic E-state index is -0.568. The van der Waals surface area contributed by atoms with Gasteiger partial charge in [-0.05, 0) is 44.9 Å². The van der Waals surface area contributed by atoms with Gasteiger partial charge in [0.1, 0.15) is 0 Å². The van der Waals surface area contributed by atoms with Crippen LogP contribution in [-0.4, -0.2) is 38.3 Å². The average molecular weight is 422 g/mol. The standard InChI is InChI=1S/C21H22N6O4/c1-12-8-13(2)19(14(3)9-12)23-18(28)11-22-21(29)20-15(4)26(25-24-20)16-6-5-7-17(10-16)27(30)31/h5-10H,11H2,1-4H3,(H,22,29)(H,23,28). The molecule has 2 N–H and O–H groups in total. The zero-order valence-electron chi connectivity index (χ0n) is 17.6. The van der Waals surface area contributed by atoms with Crippen LogP contribution in [0.3, 0.4) is 0 Å². The summed E-state index contributed by atoms with van der Waals surface area (Å²) in [6.45, 7) is 7.17. The maximum Gasteiger partial charge on any atom is 0.274 e. The molecule has 1 heterocycles. The summed E-state index contributed by atoms with van der Waals surface area (Å²) in [5.41, 5.74) is 4.42. The predicted molar refractivity (Wildman–Crippen MR) is 114 cm³/mol. The smallest absolute Gasteiger partial charge is 0.274 e. The molecule has 0 fully saturated rings. The molecule has 2 amide bonds. The third-order valence-electron chi connectivity index (χ3n) is 4.75. The minimum Gasteiger partial charge on any atom is -0.342 e. The minimum absolute atomic E-state index is 0.0296. The fraction of sp³-hybridized carbons (Fsp3) is 0.238. The second-order valence-corrected chi connectivity index (χ2v) is 7.22. The second kappa shape index (κ2) is 8.74. The number of nitrogens with zero attached hydrogens (tertiary/aromatic N) is 4. The molecule has 0 aliphatic heterocycles. The predicted octanol–water partition coefficient (Wildman–Crippen LogP) is 2.78. The maximum absolute atomic E-state index is 12.5. The molecule has 0 aliphatic carbocycles. The number of nitro benzene ring substituents is 1. The number of anilines is 1. The van der Waals surface area contributed by atoms with Crippen molar-refractivity contribution < 1.29 is 14.5 Å². The van der Waals surface area contributed by atoms with E-state index in [1.54, 1.807) is 13.0 Å². The van der Waals surface area contributed by atoms with Crippen molar-refractivity contribution in [3.8, 4) is 5.69 Å². The Hall–Kier alpha value is -4.08. The Bertz CT molecular complexity index is 1160. The summed E-state index contributed by atoms with van der Waals surface area (Å²) >= 11 is 0. The molecule has 0 saturated heterocycles. The molecule has 3 rings (SSSR count). The number of nitrogens with one attached hydrogen (secondary N) is 2. The fourth-order valence-corrected chi connectivity index (χ4v) is 3.33. The molecule has 0 unspecified atom stereocenters. The number of non-ortho nitro benzene ring substituents is 1. The van der Waals surface area contributed by atoms with E-state index >= 15 is 0 Å². The number of amides is 2. The van der Waals surface area contributed by atoms with Crippen molar-refractivity contribution in [3.05, 3.63) is 74.6 Å². The third-order valence-corrected chi connectivity index (χ3v) is 4.75. The molecule has 10 nitrogen and oxygen atoms in total. The zero-order chi connectivity index (χ0) is 22.7. The number of aromatic nitrogens is 3. The molecule has 0 bridgehead atoms. The van der Waals surface area contributed by atoms with Crippen LogP contribution >= 0.6 is 0 Å². The molecule has 3 aromatic rings. The van der Waals surface area contributed by atoms with Gasteiger partial charge >= 0.3 is 0 Å². The van der Waals surface area contributed by atoms with Crippen LogP contribution in [0.25, 0.3) is 5.69 Å². The van der Waals surface area contributed by atoms with Crippen LogP contribution < -0.4 is 10.6 Å². The van der Waals surface area contributed by atoms with Gasteiger partial charge < -0.3 is 10.6 Å². The van der Waals surface area contributed by atoms with E-state index in [9.17, 15) is 19.7 Å². The Labute approximate surface area is 178 Å². The van der Waals surface area contributed by atoms with E-state index in [-0.39, 0.29) is 23.8 Å². The van der Waals surface area contributed by atoms with Gasteiger partial charge in [-0.3, -0.25) is 19.7 Å². The van der Waals surface area contributed by atoms with E-state index < -0.39 is 10.8 Å². The monoisotopic (exact) mass is 422 g/mol. The number of benzene rings is 2. The van der Waals surface area contributed by atoms with Crippen molar-refractivity contribution >= 4 is 23.2 Å². The van der Waals surface area contributed by atoms with Crippen molar-refractivity contribution in [1.82, 2.24) is 20.3 Å². The summed E-state index contributed by atoms with van der Waals surface area (Å²) in [6, 6.07) is 9.78. The van der Waals surface area contributed by atoms with Crippen LogP contribution in [0, 0.1) is 37.8 Å². The van der Waals surface area contributed by atoms with Crippen LogP contribution in [-0.2, 0) is 4.79 Å². The zero-order valence-corrected chi connectivity index (χ0v) is 17.6. The second-order valence-electron chi connectivity index (χ2n) is 7.22. The first-order valence-corrected chi connectivity index (χ1v) is 9.50. The van der Waals surface area contributed by atoms with Crippen molar-refractivity contribution in [1.29, 1.82) is 0 Å². The average Bonchev–Trinajstić information content (AvgIpc) is 3.10. The summed E-state index contributed by atoms with van der Waals surface area (Å²) < 4.78 is 1.33. The summed E-state index contributed by atoms with van der Waals surface area (Å²) in [6.07, 6.45) is 0. The topological polar surface area (TPSA) is 132 Å². The van der Waals surface area contributed by atoms with Gasteiger partial charge in [0.25, 0.3) is 11.6 Å². The van der Waals surface area contributed by atoms with Crippen molar-refractivity contribution in [2.24, 2.45) is 0 Å². The molecule has 10 heteroatoms. The highest BCUT2D eigenvalue weighted by Crippen LogP contribution is 2.22. The highest BCUT2D eigenvalue weighted by Gasteiger charge is 2.19. The molecule has 0 saturated carbocycles. The summed E-state index contributed by atoms with van der Waals surface area (Å²) in [5, 5.41) is 24.1. The van der Waals surface area contributed by atoms with Gasteiger partial charge in [-0.15, -0.1) is 5.10 Å². The van der Waals surface area contributed by atoms with E-state index in [1.165, 1.54) is 22.9 Å². The Morgan fingerprint density at radius 3 is 2.42 bits per heavy atom. The lowest BCUT2D eigenvalue weighted by Gasteiger charge is -2.13. The Balaban J connectivity index is 1.69. The first kappa shape index (κ1) is 21.6. The molecule has 2 aromatic carbocycles. The molecule has 0 atom stereocenters. The molecule has 1 aromatic heterocycles. The fourth-order valence-electron chi connectivity index (χ4n) is 3.33. The lowest BCUT2D eigenvalue weighted by Crippen LogP contribution is -2.33. The summed E-state index contributed by atoms with van der Waals surface area (Å²) in [4.78, 5) is 35.3. The SMILES string of the molecule is Cc1cc(C)c(NC(=O)CNC(=O)c2nnn(-c3cccc([N+](=O)[O-])c3)c2C)c(C)c1. The van der Waals surface area contributed by atoms with E-state index in [0.29, 0.717) is 11.4 Å². The van der Waals surface area contributed by atoms with Gasteiger partial charge in [0.2, 0.25) is 5.91 Å². The van der Waals surface area contributed by atoms with Crippen LogP contribution in [0.1, 0.15) is 32.9 Å². The highest BCUT2D eigenvalue weighted by atomic mass is 16.6. The molecule has 0 radical (unpaired) electrons. The van der Waals surface area contributed by atoms with Crippen LogP contribution in [0.2, 0.25) is 0 Å². The van der Waals surface area contributed by atoms with E-state index in [4.69, 9.17) is 0 Å². The number of carbonyl (C=O) groups excluding carboxylic acids is 2. The number of carbonyl (C=O) groups is 2. The molecule has 160 valence electrons. The Morgan fingerprint density at radius 2 is 1.77 bits per heavy atom. The first-order valence-electron chi connectivity index (χ1n) is 9.50.